The minimum atomic E-state index is -2.36. The summed E-state index contributed by atoms with van der Waals surface area (Å²) in [5.41, 5.74) is 7.07. The largest absolute Gasteiger partial charge is 0.365 e. The lowest BCUT2D eigenvalue weighted by Crippen LogP contribution is -2.69. The van der Waals surface area contributed by atoms with Gasteiger partial charge in [-0.15, -0.1) is 0 Å². The molecule has 0 aliphatic carbocycles. The van der Waals surface area contributed by atoms with E-state index in [0.717, 1.165) is 38.5 Å². The van der Waals surface area contributed by atoms with Gasteiger partial charge in [0.25, 0.3) is 0 Å². The maximum absolute atomic E-state index is 13.6. The topological polar surface area (TPSA) is 147 Å². The van der Waals surface area contributed by atoms with Crippen molar-refractivity contribution in [1.29, 1.82) is 0 Å². The van der Waals surface area contributed by atoms with Gasteiger partial charge in [-0.3, -0.25) is 19.3 Å². The number of hydrogen-bond acceptors (Lipinski definition) is 7. The number of amides is 1. The van der Waals surface area contributed by atoms with E-state index >= 15 is 0 Å². The predicted octanol–water partition coefficient (Wildman–Crippen LogP) is 8.23. The van der Waals surface area contributed by atoms with Crippen molar-refractivity contribution < 1.29 is 24.6 Å². The van der Waals surface area contributed by atoms with Gasteiger partial charge in [0.05, 0.1) is 6.04 Å². The van der Waals surface area contributed by atoms with Crippen LogP contribution < -0.4 is 11.5 Å². The minimum absolute atomic E-state index is 0.0546. The highest BCUT2D eigenvalue weighted by atomic mass is 16.4. The van der Waals surface area contributed by atoms with E-state index in [0.29, 0.717) is 37.1 Å². The Morgan fingerprint density at radius 3 is 1.15 bits per heavy atom. The molecule has 6 N–H and O–H groups in total. The molecule has 0 saturated carbocycles. The molecule has 0 radical (unpaired) electrons. The number of Topliss-reactive ketones (excluding diaryl/α,β-unsaturated/α-hetero) is 2. The molecule has 46 heavy (non-hydrogen) atoms. The number of unbranched alkanes of at least 4 members (excludes halogenated alkanes) is 21. The van der Waals surface area contributed by atoms with Gasteiger partial charge in [-0.2, -0.15) is 0 Å². The van der Waals surface area contributed by atoms with Crippen LogP contribution in [-0.2, 0) is 14.4 Å². The molecule has 272 valence electrons. The van der Waals surface area contributed by atoms with Crippen LogP contribution in [0.4, 0.5) is 0 Å². The van der Waals surface area contributed by atoms with Crippen molar-refractivity contribution in [2.75, 3.05) is 6.54 Å². The van der Waals surface area contributed by atoms with Crippen LogP contribution in [0.1, 0.15) is 201 Å². The van der Waals surface area contributed by atoms with Crippen molar-refractivity contribution >= 4 is 17.5 Å². The van der Waals surface area contributed by atoms with Crippen molar-refractivity contribution in [2.45, 2.75) is 219 Å². The lowest BCUT2D eigenvalue weighted by molar-refractivity contribution is -0.216. The van der Waals surface area contributed by atoms with E-state index in [9.17, 15) is 24.6 Å². The average Bonchev–Trinajstić information content (AvgIpc) is 3.01. The zero-order chi connectivity index (χ0) is 34.7. The highest BCUT2D eigenvalue weighted by Gasteiger charge is 2.52. The van der Waals surface area contributed by atoms with Gasteiger partial charge in [-0.05, 0) is 46.1 Å². The van der Waals surface area contributed by atoms with E-state index in [1.165, 1.54) is 104 Å². The van der Waals surface area contributed by atoms with E-state index in [1.54, 1.807) is 0 Å². The number of nitrogens with zero attached hydrogens (tertiary/aromatic N) is 1. The quantitative estimate of drug-likeness (QED) is 0.0412. The van der Waals surface area contributed by atoms with Gasteiger partial charge >= 0.3 is 0 Å². The molecule has 0 heterocycles. The summed E-state index contributed by atoms with van der Waals surface area (Å²) in [7, 11) is 0. The summed E-state index contributed by atoms with van der Waals surface area (Å²) in [4.78, 5) is 41.0. The Kier molecular flexibility index (Phi) is 26.8. The summed E-state index contributed by atoms with van der Waals surface area (Å²) in [6, 6.07) is -1.07. The van der Waals surface area contributed by atoms with Crippen molar-refractivity contribution in [3.63, 3.8) is 0 Å². The van der Waals surface area contributed by atoms with Crippen molar-refractivity contribution in [1.82, 2.24) is 4.90 Å². The van der Waals surface area contributed by atoms with E-state index < -0.39 is 35.0 Å². The van der Waals surface area contributed by atoms with Crippen molar-refractivity contribution in [3.8, 4) is 0 Å². The molecule has 0 bridgehead atoms. The standard InChI is InChI=1S/C38H75N3O5/c1-5-7-9-11-13-15-17-19-21-23-25-30-34(42)37(3,45)41(36(44)33(40)29-27-28-32-39)38(4,46)35(43)31-26-24-22-20-18-16-14-12-10-8-6-2/h33,45-46H,5-32,39-40H2,1-4H3/t33-,37?,38?/m0/s1. The molecule has 8 heteroatoms. The Morgan fingerprint density at radius 2 is 0.848 bits per heavy atom. The third kappa shape index (κ3) is 19.5. The molecular weight excluding hydrogens is 578 g/mol. The molecule has 0 aliphatic heterocycles. The third-order valence-corrected chi connectivity index (χ3v) is 9.45. The Balaban J connectivity index is 5.05. The van der Waals surface area contributed by atoms with Crippen LogP contribution in [0.2, 0.25) is 0 Å². The first-order valence-corrected chi connectivity index (χ1v) is 19.3. The highest BCUT2D eigenvalue weighted by Crippen LogP contribution is 2.29. The second-order valence-corrected chi connectivity index (χ2v) is 14.0. The third-order valence-electron chi connectivity index (χ3n) is 9.45. The second-order valence-electron chi connectivity index (χ2n) is 14.0. The van der Waals surface area contributed by atoms with Crippen LogP contribution >= 0.6 is 0 Å². The summed E-state index contributed by atoms with van der Waals surface area (Å²) >= 11 is 0. The number of aliphatic hydroxyl groups is 2. The van der Waals surface area contributed by atoms with Gasteiger partial charge < -0.3 is 21.7 Å². The first-order chi connectivity index (χ1) is 22.0. The Labute approximate surface area is 283 Å². The number of hydrogen-bond donors (Lipinski definition) is 4. The van der Waals surface area contributed by atoms with Gasteiger partial charge in [0.2, 0.25) is 5.91 Å². The zero-order valence-corrected chi connectivity index (χ0v) is 30.6. The summed E-state index contributed by atoms with van der Waals surface area (Å²) < 4.78 is 0. The SMILES string of the molecule is CCCCCCCCCCCCCC(=O)C(C)(O)N(C(=O)[C@@H](N)CCCCN)C(C)(O)C(=O)CCCCCCCCCCCCC. The summed E-state index contributed by atoms with van der Waals surface area (Å²) in [5, 5.41) is 23.0. The molecular formula is C38H75N3O5. The Bertz CT molecular complexity index is 736. The lowest BCUT2D eigenvalue weighted by atomic mass is 9.93. The van der Waals surface area contributed by atoms with Crippen LogP contribution in [-0.4, -0.2) is 56.6 Å². The Morgan fingerprint density at radius 1 is 0.543 bits per heavy atom. The predicted molar refractivity (Wildman–Crippen MR) is 191 cm³/mol. The zero-order valence-electron chi connectivity index (χ0n) is 30.6. The number of carbonyl (C=O) groups is 3. The van der Waals surface area contributed by atoms with Crippen LogP contribution in [0, 0.1) is 0 Å². The molecule has 8 nitrogen and oxygen atoms in total. The summed E-state index contributed by atoms with van der Waals surface area (Å²) in [6.45, 7) is 7.32. The summed E-state index contributed by atoms with van der Waals surface area (Å²) in [5.74, 6) is -1.98. The van der Waals surface area contributed by atoms with Gasteiger partial charge in [-0.1, -0.05) is 149 Å². The number of nitrogens with two attached hydrogens (primary N) is 2. The molecule has 0 aromatic heterocycles. The fourth-order valence-electron chi connectivity index (χ4n) is 6.27. The monoisotopic (exact) mass is 654 g/mol. The smallest absolute Gasteiger partial charge is 0.244 e. The summed E-state index contributed by atoms with van der Waals surface area (Å²) in [6.07, 6.45) is 26.5. The normalized spacial score (nSPS) is 14.9. The van der Waals surface area contributed by atoms with E-state index in [-0.39, 0.29) is 19.3 Å². The molecule has 0 aromatic carbocycles. The van der Waals surface area contributed by atoms with E-state index in [4.69, 9.17) is 11.5 Å². The first kappa shape index (κ1) is 44.6. The lowest BCUT2D eigenvalue weighted by Gasteiger charge is -2.45. The van der Waals surface area contributed by atoms with Gasteiger partial charge in [0, 0.05) is 12.8 Å². The Hall–Kier alpha value is -1.35. The van der Waals surface area contributed by atoms with Crippen LogP contribution in [0.5, 0.6) is 0 Å². The maximum atomic E-state index is 13.6. The molecule has 2 unspecified atom stereocenters. The first-order valence-electron chi connectivity index (χ1n) is 19.3. The van der Waals surface area contributed by atoms with Crippen molar-refractivity contribution in [3.05, 3.63) is 0 Å². The van der Waals surface area contributed by atoms with Crippen LogP contribution in [0.15, 0.2) is 0 Å². The van der Waals surface area contributed by atoms with Gasteiger partial charge in [-0.25, -0.2) is 0 Å². The molecule has 1 amide bonds. The number of carbonyl (C=O) groups excluding carboxylic acids is 3. The number of ketones is 2. The molecule has 0 aliphatic rings. The molecule has 0 fully saturated rings. The number of rotatable bonds is 33. The fraction of sp³-hybridized carbons (Fsp3) is 0.921. The molecule has 0 rings (SSSR count). The highest BCUT2D eigenvalue weighted by molar-refractivity contribution is 5.97. The van der Waals surface area contributed by atoms with Gasteiger partial charge in [0.1, 0.15) is 0 Å². The minimum Gasteiger partial charge on any atom is -0.365 e. The van der Waals surface area contributed by atoms with Crippen LogP contribution in [0.3, 0.4) is 0 Å². The molecule has 0 aromatic rings. The van der Waals surface area contributed by atoms with Crippen LogP contribution in [0.25, 0.3) is 0 Å². The second kappa shape index (κ2) is 27.6. The van der Waals surface area contributed by atoms with Crippen molar-refractivity contribution in [2.24, 2.45) is 11.5 Å². The fourth-order valence-corrected chi connectivity index (χ4v) is 6.27. The molecule has 0 saturated heterocycles. The molecule has 0 spiro atoms. The molecule has 3 atom stereocenters. The maximum Gasteiger partial charge on any atom is 0.244 e. The van der Waals surface area contributed by atoms with E-state index in [1.807, 2.05) is 0 Å². The van der Waals surface area contributed by atoms with Gasteiger partial charge in [0.15, 0.2) is 23.0 Å². The average molecular weight is 654 g/mol. The van der Waals surface area contributed by atoms with E-state index in [2.05, 4.69) is 13.8 Å².